The maximum atomic E-state index is 5.92. The lowest BCUT2D eigenvalue weighted by molar-refractivity contribution is -0.596. The maximum Gasteiger partial charge on any atom is 0.358 e. The molecule has 0 aliphatic carbocycles. The molecule has 0 amide bonds. The van der Waals surface area contributed by atoms with E-state index in [2.05, 4.69) is 85.8 Å². The highest BCUT2D eigenvalue weighted by molar-refractivity contribution is 5.62. The number of benzene rings is 3. The van der Waals surface area contributed by atoms with Crippen molar-refractivity contribution in [2.75, 3.05) is 6.61 Å². The monoisotopic (exact) mass is 485 g/mol. The first-order valence-corrected chi connectivity index (χ1v) is 12.5. The van der Waals surface area contributed by atoms with E-state index in [9.17, 15) is 0 Å². The summed E-state index contributed by atoms with van der Waals surface area (Å²) in [6.07, 6.45) is 7.80. The molecule has 0 N–H and O–H groups in total. The number of hydrogen-bond acceptors (Lipinski definition) is 1. The van der Waals surface area contributed by atoms with E-state index in [1.54, 1.807) is 0 Å². The Labute approximate surface area is 180 Å². The van der Waals surface area contributed by atoms with Crippen molar-refractivity contribution < 1.29 is 25.9 Å². The van der Waals surface area contributed by atoms with Crippen molar-refractivity contribution in [1.29, 1.82) is 0 Å². The summed E-state index contributed by atoms with van der Waals surface area (Å²) >= 11 is -0.213. The van der Waals surface area contributed by atoms with Gasteiger partial charge >= 0.3 is 21.2 Å². The number of hydrogen-bond donors (Lipinski definition) is 0. The molecule has 0 aliphatic rings. The maximum absolute atomic E-state index is 5.92. The zero-order valence-electron chi connectivity index (χ0n) is 16.7. The molecule has 0 aromatic heterocycles. The number of unbranched alkanes of at least 4 members (excludes halogenated alkanes) is 5. The van der Waals surface area contributed by atoms with Crippen LogP contribution in [0.4, 0.5) is 0 Å². The summed E-state index contributed by atoms with van der Waals surface area (Å²) in [6.45, 7) is 3.09. The molecule has 0 saturated heterocycles. The predicted molar refractivity (Wildman–Crippen MR) is 115 cm³/mol. The molecule has 3 rings (SSSR count). The second-order valence-corrected chi connectivity index (χ2v) is 9.96. The van der Waals surface area contributed by atoms with Gasteiger partial charge in [-0.25, -0.2) is 0 Å². The van der Waals surface area contributed by atoms with Gasteiger partial charge < -0.3 is 4.74 Å². The van der Waals surface area contributed by atoms with Gasteiger partial charge in [-0.3, -0.25) is 0 Å². The van der Waals surface area contributed by atoms with Gasteiger partial charge in [0.25, 0.3) is 0 Å². The summed E-state index contributed by atoms with van der Waals surface area (Å²) < 4.78 is 8.81. The molecule has 146 valence electrons. The number of rotatable bonds is 11. The van der Waals surface area contributed by atoms with Gasteiger partial charge in [0.15, 0.2) is 3.57 Å². The smallest absolute Gasteiger partial charge is 0.358 e. The van der Waals surface area contributed by atoms with E-state index in [4.69, 9.17) is 4.74 Å². The SMILES string of the molecule is CCCCCCCCOc1ccc([I+]c2ccccc2-c2ccccc2)cc1. The average Bonchev–Trinajstić information content (AvgIpc) is 2.75. The van der Waals surface area contributed by atoms with Gasteiger partial charge in [-0.2, -0.15) is 0 Å². The van der Waals surface area contributed by atoms with Gasteiger partial charge in [0.1, 0.15) is 5.75 Å². The molecule has 0 saturated carbocycles. The highest BCUT2D eigenvalue weighted by atomic mass is 127. The third kappa shape index (κ3) is 6.66. The Morgan fingerprint density at radius 3 is 2.14 bits per heavy atom. The first-order valence-electron chi connectivity index (χ1n) is 10.4. The molecule has 0 fully saturated rings. The van der Waals surface area contributed by atoms with E-state index in [1.165, 1.54) is 50.4 Å². The Kier molecular flexibility index (Phi) is 8.89. The minimum atomic E-state index is -0.213. The van der Waals surface area contributed by atoms with Gasteiger partial charge in [-0.1, -0.05) is 81.5 Å². The molecular weight excluding hydrogens is 455 g/mol. The van der Waals surface area contributed by atoms with Crippen molar-refractivity contribution >= 4 is 0 Å². The predicted octanol–water partition coefficient (Wildman–Crippen LogP) is 4.22. The lowest BCUT2D eigenvalue weighted by atomic mass is 10.1. The van der Waals surface area contributed by atoms with Gasteiger partial charge in [0, 0.05) is 5.56 Å². The molecule has 1 nitrogen and oxygen atoms in total. The van der Waals surface area contributed by atoms with Crippen LogP contribution in [0.1, 0.15) is 45.4 Å². The van der Waals surface area contributed by atoms with Crippen LogP contribution in [-0.4, -0.2) is 6.61 Å². The van der Waals surface area contributed by atoms with Crippen molar-refractivity contribution in [2.45, 2.75) is 45.4 Å². The number of halogens is 1. The van der Waals surface area contributed by atoms with Crippen LogP contribution in [0.2, 0.25) is 0 Å². The van der Waals surface area contributed by atoms with Crippen molar-refractivity contribution in [3.05, 3.63) is 86.0 Å². The Balaban J connectivity index is 1.53. The van der Waals surface area contributed by atoms with E-state index in [0.29, 0.717) is 0 Å². The third-order valence-electron chi connectivity index (χ3n) is 4.75. The standard InChI is InChI=1S/C26H30IO/c1-2-3-4-5-6-12-21-28-24-19-17-23(18-20-24)27-26-16-11-10-15-25(26)22-13-8-7-9-14-22/h7-11,13-20H,2-6,12,21H2,1H3/q+1. The number of ether oxygens (including phenoxy) is 1. The Bertz CT molecular complexity index is 811. The molecule has 3 aromatic rings. The molecule has 0 radical (unpaired) electrons. The van der Waals surface area contributed by atoms with Crippen molar-refractivity contribution in [3.63, 3.8) is 0 Å². The van der Waals surface area contributed by atoms with Crippen molar-refractivity contribution in [2.24, 2.45) is 0 Å². The topological polar surface area (TPSA) is 9.23 Å². The minimum absolute atomic E-state index is 0.213. The van der Waals surface area contributed by atoms with E-state index in [1.807, 2.05) is 0 Å². The van der Waals surface area contributed by atoms with Crippen LogP contribution in [0.3, 0.4) is 0 Å². The van der Waals surface area contributed by atoms with Crippen molar-refractivity contribution in [1.82, 2.24) is 0 Å². The minimum Gasteiger partial charge on any atom is -0.494 e. The quantitative estimate of drug-likeness (QED) is 0.292. The average molecular weight is 485 g/mol. The third-order valence-corrected chi connectivity index (χ3v) is 7.61. The molecule has 0 aliphatic heterocycles. The zero-order chi connectivity index (χ0) is 19.4. The van der Waals surface area contributed by atoms with Gasteiger partial charge in [0.05, 0.1) is 6.61 Å². The van der Waals surface area contributed by atoms with Crippen LogP contribution in [0.25, 0.3) is 11.1 Å². The Morgan fingerprint density at radius 1 is 0.679 bits per heavy atom. The van der Waals surface area contributed by atoms with E-state index >= 15 is 0 Å². The second-order valence-electron chi connectivity index (χ2n) is 7.01. The van der Waals surface area contributed by atoms with Crippen molar-refractivity contribution in [3.8, 4) is 16.9 Å². The lowest BCUT2D eigenvalue weighted by Crippen LogP contribution is -3.61. The van der Waals surface area contributed by atoms with Crippen LogP contribution < -0.4 is 25.9 Å². The first-order chi connectivity index (χ1) is 13.9. The zero-order valence-corrected chi connectivity index (χ0v) is 18.9. The molecule has 0 spiro atoms. The van der Waals surface area contributed by atoms with Crippen LogP contribution >= 0.6 is 0 Å². The summed E-state index contributed by atoms with van der Waals surface area (Å²) in [4.78, 5) is 0. The Morgan fingerprint density at radius 2 is 1.36 bits per heavy atom. The summed E-state index contributed by atoms with van der Waals surface area (Å²) in [7, 11) is 0. The molecule has 0 heterocycles. The van der Waals surface area contributed by atoms with Gasteiger partial charge in [-0.15, -0.1) is 0 Å². The second kappa shape index (κ2) is 11.9. The van der Waals surface area contributed by atoms with E-state index in [-0.39, 0.29) is 21.2 Å². The summed E-state index contributed by atoms with van der Waals surface area (Å²) in [5, 5.41) is 0. The highest BCUT2D eigenvalue weighted by Crippen LogP contribution is 2.18. The van der Waals surface area contributed by atoms with Crippen LogP contribution in [0.15, 0.2) is 78.9 Å². The van der Waals surface area contributed by atoms with Gasteiger partial charge in [0.2, 0.25) is 3.57 Å². The molecule has 28 heavy (non-hydrogen) atoms. The van der Waals surface area contributed by atoms with Crippen LogP contribution in [0.5, 0.6) is 5.75 Å². The fourth-order valence-corrected chi connectivity index (χ4v) is 5.74. The molecule has 3 aromatic carbocycles. The Hall–Kier alpha value is -1.81. The lowest BCUT2D eigenvalue weighted by Gasteiger charge is -2.05. The summed E-state index contributed by atoms with van der Waals surface area (Å²) in [5.41, 5.74) is 2.66. The van der Waals surface area contributed by atoms with E-state index in [0.717, 1.165) is 18.8 Å². The summed E-state index contributed by atoms with van der Waals surface area (Å²) in [5.74, 6) is 0.998. The highest BCUT2D eigenvalue weighted by Gasteiger charge is 2.20. The fraction of sp³-hybridized carbons (Fsp3) is 0.308. The molecular formula is C26H30IO+. The fourth-order valence-electron chi connectivity index (χ4n) is 3.18. The van der Waals surface area contributed by atoms with Gasteiger partial charge in [-0.05, 0) is 48.4 Å². The summed E-state index contributed by atoms with van der Waals surface area (Å²) in [6, 6.07) is 28.2. The molecule has 0 atom stereocenters. The largest absolute Gasteiger partial charge is 0.494 e. The van der Waals surface area contributed by atoms with Crippen LogP contribution in [-0.2, 0) is 0 Å². The molecule has 2 heteroatoms. The van der Waals surface area contributed by atoms with Crippen LogP contribution in [0, 0.1) is 7.14 Å². The first kappa shape index (κ1) is 20.9. The molecule has 0 unspecified atom stereocenters. The van der Waals surface area contributed by atoms with E-state index < -0.39 is 0 Å². The molecule has 0 bridgehead atoms. The normalized spacial score (nSPS) is 10.8.